The van der Waals surface area contributed by atoms with Crippen LogP contribution in [0.25, 0.3) is 22.2 Å². The third-order valence-corrected chi connectivity index (χ3v) is 6.04. The van der Waals surface area contributed by atoms with Crippen molar-refractivity contribution in [2.75, 3.05) is 20.2 Å². The number of amides is 1. The summed E-state index contributed by atoms with van der Waals surface area (Å²) in [6.45, 7) is 6.05. The van der Waals surface area contributed by atoms with E-state index in [4.69, 9.17) is 9.72 Å². The number of nitrogens with zero attached hydrogens (tertiary/aromatic N) is 2. The normalized spacial score (nSPS) is 19.4. The first kappa shape index (κ1) is 19.9. The second-order valence-corrected chi connectivity index (χ2v) is 9.02. The van der Waals surface area contributed by atoms with Crippen molar-refractivity contribution in [3.05, 3.63) is 58.6 Å². The van der Waals surface area contributed by atoms with Crippen LogP contribution >= 0.6 is 15.9 Å². The van der Waals surface area contributed by atoms with Crippen LogP contribution in [0, 0.1) is 11.8 Å². The number of benzene rings is 2. The molecule has 1 fully saturated rings. The molecular formula is C24H25BrN2O2. The molecule has 2 heterocycles. The number of halogens is 1. The molecule has 0 unspecified atom stereocenters. The number of piperidine rings is 1. The summed E-state index contributed by atoms with van der Waals surface area (Å²) >= 11 is 3.54. The molecule has 1 amide bonds. The van der Waals surface area contributed by atoms with Crippen molar-refractivity contribution in [1.29, 1.82) is 0 Å². The van der Waals surface area contributed by atoms with Gasteiger partial charge in [0.25, 0.3) is 5.91 Å². The molecule has 0 saturated carbocycles. The molecule has 4 rings (SSSR count). The van der Waals surface area contributed by atoms with E-state index in [1.165, 1.54) is 6.42 Å². The van der Waals surface area contributed by atoms with Gasteiger partial charge in [-0.05, 0) is 66.8 Å². The molecule has 1 aliphatic rings. The molecule has 1 saturated heterocycles. The highest BCUT2D eigenvalue weighted by atomic mass is 79.9. The SMILES string of the molecule is COc1ccc(-c2cc(C(=O)N3C[C@@H](C)C[C@H](C)C3)c3cc(Br)ccc3n2)cc1. The maximum absolute atomic E-state index is 13.6. The Hall–Kier alpha value is -2.40. The van der Waals surface area contributed by atoms with Gasteiger partial charge in [-0.2, -0.15) is 0 Å². The van der Waals surface area contributed by atoms with Gasteiger partial charge in [0.1, 0.15) is 5.75 Å². The van der Waals surface area contributed by atoms with Gasteiger partial charge in [-0.25, -0.2) is 4.98 Å². The minimum atomic E-state index is 0.0867. The van der Waals surface area contributed by atoms with Crippen molar-refractivity contribution in [1.82, 2.24) is 9.88 Å². The van der Waals surface area contributed by atoms with Crippen LogP contribution in [0.3, 0.4) is 0 Å². The van der Waals surface area contributed by atoms with Gasteiger partial charge in [0, 0.05) is 28.5 Å². The smallest absolute Gasteiger partial charge is 0.254 e. The summed E-state index contributed by atoms with van der Waals surface area (Å²) in [4.78, 5) is 20.4. The van der Waals surface area contributed by atoms with E-state index in [0.29, 0.717) is 17.4 Å². The van der Waals surface area contributed by atoms with Crippen LogP contribution in [-0.2, 0) is 0 Å². The van der Waals surface area contributed by atoms with Gasteiger partial charge in [0.15, 0.2) is 0 Å². The number of carbonyl (C=O) groups is 1. The second-order valence-electron chi connectivity index (χ2n) is 8.10. The fraction of sp³-hybridized carbons (Fsp3) is 0.333. The lowest BCUT2D eigenvalue weighted by atomic mass is 9.91. The summed E-state index contributed by atoms with van der Waals surface area (Å²) in [7, 11) is 1.65. The number of methoxy groups -OCH3 is 1. The summed E-state index contributed by atoms with van der Waals surface area (Å²) in [6.07, 6.45) is 1.17. The number of rotatable bonds is 3. The van der Waals surface area contributed by atoms with Crippen molar-refractivity contribution in [3.63, 3.8) is 0 Å². The van der Waals surface area contributed by atoms with Gasteiger partial charge < -0.3 is 9.64 Å². The zero-order valence-corrected chi connectivity index (χ0v) is 18.6. The van der Waals surface area contributed by atoms with Gasteiger partial charge in [0.2, 0.25) is 0 Å². The van der Waals surface area contributed by atoms with Crippen molar-refractivity contribution in [3.8, 4) is 17.0 Å². The summed E-state index contributed by atoms with van der Waals surface area (Å²) in [5.74, 6) is 1.92. The molecular weight excluding hydrogens is 428 g/mol. The molecule has 0 aliphatic carbocycles. The molecule has 0 spiro atoms. The van der Waals surface area contributed by atoms with Crippen LogP contribution in [-0.4, -0.2) is 36.0 Å². The number of pyridine rings is 1. The Morgan fingerprint density at radius 1 is 1.07 bits per heavy atom. The van der Waals surface area contributed by atoms with Gasteiger partial charge in [-0.3, -0.25) is 4.79 Å². The lowest BCUT2D eigenvalue weighted by Gasteiger charge is -2.35. The summed E-state index contributed by atoms with van der Waals surface area (Å²) in [6, 6.07) is 15.6. The zero-order valence-electron chi connectivity index (χ0n) is 17.0. The molecule has 0 bridgehead atoms. The number of ether oxygens (including phenoxy) is 1. The zero-order chi connectivity index (χ0) is 20.5. The standard InChI is InChI=1S/C24H25BrN2O2/c1-15-10-16(2)14-27(13-15)24(28)21-12-23(17-4-7-19(29-3)8-5-17)26-22-9-6-18(25)11-20(21)22/h4-9,11-12,15-16H,10,13-14H2,1-3H3/t15-,16-/m0/s1. The number of carbonyl (C=O) groups excluding carboxylic acids is 1. The quantitative estimate of drug-likeness (QED) is 0.504. The predicted octanol–water partition coefficient (Wildman–Crippen LogP) is 5.79. The van der Waals surface area contributed by atoms with Gasteiger partial charge in [-0.1, -0.05) is 29.8 Å². The van der Waals surface area contributed by atoms with E-state index >= 15 is 0 Å². The number of hydrogen-bond acceptors (Lipinski definition) is 3. The Balaban J connectivity index is 1.82. The van der Waals surface area contributed by atoms with E-state index < -0.39 is 0 Å². The molecule has 29 heavy (non-hydrogen) atoms. The highest BCUT2D eigenvalue weighted by Crippen LogP contribution is 2.30. The van der Waals surface area contributed by atoms with E-state index in [1.54, 1.807) is 7.11 Å². The van der Waals surface area contributed by atoms with Gasteiger partial charge in [-0.15, -0.1) is 0 Å². The maximum Gasteiger partial charge on any atom is 0.254 e. The Morgan fingerprint density at radius 3 is 2.41 bits per heavy atom. The highest BCUT2D eigenvalue weighted by molar-refractivity contribution is 9.10. The van der Waals surface area contributed by atoms with Crippen LogP contribution in [0.5, 0.6) is 5.75 Å². The van der Waals surface area contributed by atoms with Crippen LogP contribution in [0.2, 0.25) is 0 Å². The van der Waals surface area contributed by atoms with E-state index in [9.17, 15) is 4.79 Å². The van der Waals surface area contributed by atoms with Crippen LogP contribution in [0.4, 0.5) is 0 Å². The van der Waals surface area contributed by atoms with Gasteiger partial charge >= 0.3 is 0 Å². The monoisotopic (exact) mass is 452 g/mol. The third kappa shape index (κ3) is 4.15. The van der Waals surface area contributed by atoms with Crippen LogP contribution in [0.1, 0.15) is 30.6 Å². The Morgan fingerprint density at radius 2 is 1.76 bits per heavy atom. The highest BCUT2D eigenvalue weighted by Gasteiger charge is 2.27. The Bertz CT molecular complexity index is 1040. The van der Waals surface area contributed by atoms with E-state index in [-0.39, 0.29) is 5.91 Å². The molecule has 4 nitrogen and oxygen atoms in total. The molecule has 0 radical (unpaired) electrons. The second kappa shape index (κ2) is 8.15. The minimum absolute atomic E-state index is 0.0867. The van der Waals surface area contributed by atoms with Crippen molar-refractivity contribution >= 4 is 32.7 Å². The van der Waals surface area contributed by atoms with Crippen LogP contribution in [0.15, 0.2) is 53.0 Å². The topological polar surface area (TPSA) is 42.4 Å². The van der Waals surface area contributed by atoms with Crippen molar-refractivity contribution < 1.29 is 9.53 Å². The summed E-state index contributed by atoms with van der Waals surface area (Å²) in [5.41, 5.74) is 3.29. The Kier molecular flexibility index (Phi) is 5.59. The van der Waals surface area contributed by atoms with Gasteiger partial charge in [0.05, 0.1) is 23.9 Å². The fourth-order valence-corrected chi connectivity index (χ4v) is 4.64. The number of aromatic nitrogens is 1. The third-order valence-electron chi connectivity index (χ3n) is 5.54. The lowest BCUT2D eigenvalue weighted by Crippen LogP contribution is -2.42. The first-order valence-electron chi connectivity index (χ1n) is 9.98. The van der Waals surface area contributed by atoms with Crippen molar-refractivity contribution in [2.24, 2.45) is 11.8 Å². The molecule has 1 aromatic heterocycles. The average molecular weight is 453 g/mol. The summed E-state index contributed by atoms with van der Waals surface area (Å²) < 4.78 is 6.21. The molecule has 150 valence electrons. The van der Waals surface area contributed by atoms with Crippen molar-refractivity contribution in [2.45, 2.75) is 20.3 Å². The predicted molar refractivity (Wildman–Crippen MR) is 120 cm³/mol. The van der Waals surface area contributed by atoms with E-state index in [2.05, 4.69) is 29.8 Å². The Labute approximate surface area is 180 Å². The minimum Gasteiger partial charge on any atom is -0.497 e. The fourth-order valence-electron chi connectivity index (χ4n) is 4.28. The molecule has 5 heteroatoms. The molecule has 0 N–H and O–H groups in total. The molecule has 2 atom stereocenters. The lowest BCUT2D eigenvalue weighted by molar-refractivity contribution is 0.0625. The maximum atomic E-state index is 13.6. The number of hydrogen-bond donors (Lipinski definition) is 0. The number of fused-ring (bicyclic) bond motifs is 1. The van der Waals surface area contributed by atoms with Crippen LogP contribution < -0.4 is 4.74 Å². The molecule has 2 aromatic carbocycles. The number of likely N-dealkylation sites (tertiary alicyclic amines) is 1. The summed E-state index contributed by atoms with van der Waals surface area (Å²) in [5, 5.41) is 0.882. The largest absolute Gasteiger partial charge is 0.497 e. The van der Waals surface area contributed by atoms with E-state index in [1.807, 2.05) is 53.4 Å². The first-order chi connectivity index (χ1) is 13.9. The van der Waals surface area contributed by atoms with E-state index in [0.717, 1.165) is 45.5 Å². The molecule has 1 aliphatic heterocycles. The average Bonchev–Trinajstić information content (AvgIpc) is 2.72. The molecule has 3 aromatic rings. The first-order valence-corrected chi connectivity index (χ1v) is 10.8.